The Morgan fingerprint density at radius 3 is 1.90 bits per heavy atom. The highest BCUT2D eigenvalue weighted by Crippen LogP contribution is 2.64. The molecule has 0 saturated carbocycles. The zero-order valence-corrected chi connectivity index (χ0v) is 17.9. The largest absolute Gasteiger partial charge is 0.290 e. The summed E-state index contributed by atoms with van der Waals surface area (Å²) in [5.41, 5.74) is 0. The van der Waals surface area contributed by atoms with Crippen molar-refractivity contribution in [3.63, 3.8) is 0 Å². The van der Waals surface area contributed by atoms with Gasteiger partial charge in [-0.25, -0.2) is 8.42 Å². The molecule has 2 atom stereocenters. The summed E-state index contributed by atoms with van der Waals surface area (Å²) in [6.07, 6.45) is 0. The maximum atomic E-state index is 12.7. The fourth-order valence-corrected chi connectivity index (χ4v) is 17.4. The summed E-state index contributed by atoms with van der Waals surface area (Å²) in [5, 5.41) is -1.51. The molecule has 2 unspecified atom stereocenters. The van der Waals surface area contributed by atoms with Gasteiger partial charge in [0.15, 0.2) is 4.08 Å². The second-order valence-corrected chi connectivity index (χ2v) is 13.3. The van der Waals surface area contributed by atoms with E-state index in [0.717, 1.165) is 0 Å². The smallest absolute Gasteiger partial charge is 0.277 e. The Bertz CT molecular complexity index is 510. The van der Waals surface area contributed by atoms with E-state index in [-0.39, 0.29) is 6.54 Å². The van der Waals surface area contributed by atoms with Crippen LogP contribution < -0.4 is 0 Å². The van der Waals surface area contributed by atoms with Crippen LogP contribution in [0.4, 0.5) is 0 Å². The summed E-state index contributed by atoms with van der Waals surface area (Å²) in [7, 11) is -5.27. The third-order valence-corrected chi connectivity index (χ3v) is 16.4. The molecular formula is C9H19NO3P2S5. The van der Waals surface area contributed by atoms with Crippen LogP contribution in [0.2, 0.25) is 0 Å². The molecule has 0 aromatic heterocycles. The number of rotatable bonds is 7. The Kier molecular flexibility index (Phi) is 7.29. The second-order valence-electron chi connectivity index (χ2n) is 4.00. The third-order valence-electron chi connectivity index (χ3n) is 3.07. The molecule has 0 bridgehead atoms. The van der Waals surface area contributed by atoms with Crippen molar-refractivity contribution in [1.29, 1.82) is 0 Å². The van der Waals surface area contributed by atoms with E-state index in [1.54, 1.807) is 6.92 Å². The van der Waals surface area contributed by atoms with E-state index in [9.17, 15) is 13.2 Å². The molecule has 1 aliphatic rings. The Morgan fingerprint density at radius 1 is 1.15 bits per heavy atom. The molecule has 0 N–H and O–H groups in total. The Balaban J connectivity index is 3.72. The predicted octanol–water partition coefficient (Wildman–Crippen LogP) is 1.78. The van der Waals surface area contributed by atoms with Crippen molar-refractivity contribution in [2.75, 3.05) is 18.1 Å². The summed E-state index contributed by atoms with van der Waals surface area (Å²) in [6, 6.07) is 0. The average Bonchev–Trinajstić information content (AvgIpc) is 2.55. The SMILES string of the molecule is CCSC1(SCC)C(=O)S(=O)(=O)N(CC)C1([PH2]=S)[PH2]=S. The normalized spacial score (nSPS) is 30.1. The first-order valence-electron chi connectivity index (χ1n) is 6.12. The van der Waals surface area contributed by atoms with E-state index in [4.69, 9.17) is 23.6 Å². The highest BCUT2D eigenvalue weighted by Gasteiger charge is 2.70. The molecule has 0 aromatic carbocycles. The first-order valence-corrected chi connectivity index (χ1v) is 14.5. The molecule has 4 nitrogen and oxygen atoms in total. The highest BCUT2D eigenvalue weighted by molar-refractivity contribution is 8.25. The predicted molar refractivity (Wildman–Crippen MR) is 102 cm³/mol. The molecule has 1 rings (SSSR count). The molecule has 0 aromatic rings. The van der Waals surface area contributed by atoms with E-state index in [1.807, 2.05) is 13.8 Å². The molecule has 0 aliphatic carbocycles. The van der Waals surface area contributed by atoms with Crippen LogP contribution >= 0.6 is 38.2 Å². The van der Waals surface area contributed by atoms with Gasteiger partial charge in [-0.3, -0.25) is 4.79 Å². The van der Waals surface area contributed by atoms with Crippen LogP contribution in [0.3, 0.4) is 0 Å². The number of hydrogen-bond donors (Lipinski definition) is 0. The first-order chi connectivity index (χ1) is 9.34. The van der Waals surface area contributed by atoms with Gasteiger partial charge in [0.1, 0.15) is 5.02 Å². The molecule has 1 fully saturated rings. The van der Waals surface area contributed by atoms with Gasteiger partial charge in [-0.05, 0) is 26.2 Å². The van der Waals surface area contributed by atoms with Crippen molar-refractivity contribution < 1.29 is 13.2 Å². The zero-order valence-electron chi connectivity index (χ0n) is 11.5. The van der Waals surface area contributed by atoms with Gasteiger partial charge in [0, 0.05) is 6.54 Å². The number of sulfonamides is 1. The van der Waals surface area contributed by atoms with Gasteiger partial charge in [-0.1, -0.05) is 20.8 Å². The van der Waals surface area contributed by atoms with Crippen LogP contribution in [0.25, 0.3) is 0 Å². The van der Waals surface area contributed by atoms with Gasteiger partial charge in [0.2, 0.25) is 0 Å². The molecule has 118 valence electrons. The Labute approximate surface area is 141 Å². The van der Waals surface area contributed by atoms with Crippen molar-refractivity contribution in [3.8, 4) is 0 Å². The zero-order chi connectivity index (χ0) is 15.6. The Hall–Kier alpha value is 1.58. The molecule has 20 heavy (non-hydrogen) atoms. The first kappa shape index (κ1) is 19.6. The summed E-state index contributed by atoms with van der Waals surface area (Å²) in [5.74, 6) is 1.33. The van der Waals surface area contributed by atoms with Crippen molar-refractivity contribution >= 4 is 77.0 Å². The molecule has 11 heteroatoms. The molecular weight excluding hydrogens is 392 g/mol. The quantitative estimate of drug-likeness (QED) is 0.468. The minimum absolute atomic E-state index is 0.262. The molecule has 1 aliphatic heterocycles. The second kappa shape index (κ2) is 7.43. The molecule has 1 saturated heterocycles. The standard InChI is InChI=1S/C9H19NO3P2S5/c1-4-10-9(14-16,15-17)8(18-5-2,19-6-3)7(11)20(10,12)13/h4-6,14-15H2,1-3H3. The summed E-state index contributed by atoms with van der Waals surface area (Å²) in [6.45, 7) is 5.87. The van der Waals surface area contributed by atoms with Crippen molar-refractivity contribution in [2.45, 2.75) is 29.9 Å². The van der Waals surface area contributed by atoms with Crippen LogP contribution in [0, 0.1) is 0 Å². The number of thioether (sulfide) groups is 2. The van der Waals surface area contributed by atoms with Crippen molar-refractivity contribution in [3.05, 3.63) is 0 Å². The summed E-state index contributed by atoms with van der Waals surface area (Å²) < 4.78 is 25.3. The summed E-state index contributed by atoms with van der Waals surface area (Å²) in [4.78, 5) is 12.7. The van der Waals surface area contributed by atoms with Gasteiger partial charge >= 0.3 is 0 Å². The lowest BCUT2D eigenvalue weighted by molar-refractivity contribution is -0.111. The van der Waals surface area contributed by atoms with Crippen LogP contribution in [0.5, 0.6) is 0 Å². The van der Waals surface area contributed by atoms with Gasteiger partial charge in [0.05, 0.1) is 0 Å². The monoisotopic (exact) mass is 411 g/mol. The van der Waals surface area contributed by atoms with Crippen LogP contribution in [0.1, 0.15) is 20.8 Å². The maximum Gasteiger partial charge on any atom is 0.290 e. The third kappa shape index (κ3) is 2.64. The highest BCUT2D eigenvalue weighted by atomic mass is 32.4. The lowest BCUT2D eigenvalue weighted by Crippen LogP contribution is -2.48. The lowest BCUT2D eigenvalue weighted by atomic mass is 10.4. The van der Waals surface area contributed by atoms with Crippen LogP contribution in [-0.2, 0) is 38.4 Å². The fourth-order valence-electron chi connectivity index (χ4n) is 2.33. The van der Waals surface area contributed by atoms with Crippen molar-refractivity contribution in [2.24, 2.45) is 0 Å². The van der Waals surface area contributed by atoms with E-state index >= 15 is 0 Å². The van der Waals surface area contributed by atoms with E-state index in [1.165, 1.54) is 27.8 Å². The molecule has 0 radical (unpaired) electrons. The minimum atomic E-state index is -3.94. The Morgan fingerprint density at radius 2 is 1.60 bits per heavy atom. The topological polar surface area (TPSA) is 54.5 Å². The van der Waals surface area contributed by atoms with E-state index < -0.39 is 39.0 Å². The number of nitrogens with zero attached hydrogens (tertiary/aromatic N) is 1. The average molecular weight is 412 g/mol. The minimum Gasteiger partial charge on any atom is -0.277 e. The summed E-state index contributed by atoms with van der Waals surface area (Å²) >= 11 is 13.5. The molecule has 1 heterocycles. The van der Waals surface area contributed by atoms with Gasteiger partial charge in [0.25, 0.3) is 15.1 Å². The maximum absolute atomic E-state index is 12.7. The van der Waals surface area contributed by atoms with Crippen molar-refractivity contribution in [1.82, 2.24) is 4.31 Å². The lowest BCUT2D eigenvalue weighted by Gasteiger charge is -2.40. The van der Waals surface area contributed by atoms with Crippen LogP contribution in [0.15, 0.2) is 0 Å². The molecule has 0 amide bonds. The number of carbonyl (C=O) groups is 1. The fraction of sp³-hybridized carbons (Fsp3) is 0.889. The van der Waals surface area contributed by atoms with Crippen LogP contribution in [-0.4, -0.2) is 45.0 Å². The van der Waals surface area contributed by atoms with Gasteiger partial charge in [-0.15, -0.1) is 47.1 Å². The van der Waals surface area contributed by atoms with E-state index in [2.05, 4.69) is 0 Å². The number of hydrogen-bond acceptors (Lipinski definition) is 7. The van der Waals surface area contributed by atoms with Gasteiger partial charge in [-0.2, -0.15) is 4.31 Å². The van der Waals surface area contributed by atoms with E-state index in [0.29, 0.717) is 11.5 Å². The number of carbonyl (C=O) groups excluding carboxylic acids is 1. The van der Waals surface area contributed by atoms with Gasteiger partial charge < -0.3 is 0 Å². The molecule has 0 spiro atoms.